The van der Waals surface area contributed by atoms with Crippen LogP contribution in [0.3, 0.4) is 0 Å². The molecule has 3 rings (SSSR count). The normalized spacial score (nSPS) is 17.0. The average molecular weight is 399 g/mol. The molecule has 152 valence electrons. The third-order valence-corrected chi connectivity index (χ3v) is 4.73. The maximum absolute atomic E-state index is 13.2. The molecule has 1 aliphatic rings. The molecule has 0 aliphatic carbocycles. The maximum Gasteiger partial charge on any atom is 0.417 e. The van der Waals surface area contributed by atoms with Gasteiger partial charge in [0.05, 0.1) is 0 Å². The molecule has 6 nitrogen and oxygen atoms in total. The quantitative estimate of drug-likeness (QED) is 0.649. The second-order valence-electron chi connectivity index (χ2n) is 6.81. The van der Waals surface area contributed by atoms with Crippen LogP contribution in [-0.4, -0.2) is 29.5 Å². The highest BCUT2D eigenvalue weighted by Crippen LogP contribution is 2.30. The first-order valence-corrected chi connectivity index (χ1v) is 9.42. The molecule has 0 bridgehead atoms. The summed E-state index contributed by atoms with van der Waals surface area (Å²) in [5.74, 6) is -1.19. The molecule has 1 saturated heterocycles. The largest absolute Gasteiger partial charge is 0.458 e. The fourth-order valence-corrected chi connectivity index (χ4v) is 3.35. The van der Waals surface area contributed by atoms with Gasteiger partial charge in [0.25, 0.3) is 0 Å². The first kappa shape index (κ1) is 20.5. The summed E-state index contributed by atoms with van der Waals surface area (Å²) < 4.78 is 23.5. The number of hydrogen-bond acceptors (Lipinski definition) is 5. The molecule has 2 atom stereocenters. The molecule has 1 heterocycles. The Balaban J connectivity index is 1.62. The lowest BCUT2D eigenvalue weighted by Crippen LogP contribution is -2.34. The van der Waals surface area contributed by atoms with Gasteiger partial charge in [-0.25, -0.2) is 14.1 Å². The van der Waals surface area contributed by atoms with E-state index >= 15 is 0 Å². The van der Waals surface area contributed by atoms with Gasteiger partial charge >= 0.3 is 12.1 Å². The first-order valence-electron chi connectivity index (χ1n) is 9.42. The smallest absolute Gasteiger partial charge is 0.417 e. The Labute approximate surface area is 168 Å². The zero-order valence-corrected chi connectivity index (χ0v) is 16.0. The number of benzene rings is 2. The number of halogens is 1. The van der Waals surface area contributed by atoms with E-state index in [4.69, 9.17) is 9.47 Å². The third kappa shape index (κ3) is 5.19. The minimum atomic E-state index is -0.654. The van der Waals surface area contributed by atoms with Gasteiger partial charge in [-0.3, -0.25) is 9.59 Å². The summed E-state index contributed by atoms with van der Waals surface area (Å²) in [6, 6.07) is 14.5. The van der Waals surface area contributed by atoms with Gasteiger partial charge in [-0.05, 0) is 36.1 Å². The van der Waals surface area contributed by atoms with Crippen molar-refractivity contribution in [1.29, 1.82) is 0 Å². The predicted octanol–water partition coefficient (Wildman–Crippen LogP) is 4.32. The van der Waals surface area contributed by atoms with E-state index in [-0.39, 0.29) is 24.8 Å². The van der Waals surface area contributed by atoms with Crippen molar-refractivity contribution in [3.8, 4) is 0 Å². The SMILES string of the molecule is CC(=O)O[C@@H](CCCC(=O)N1C(=O)OC[C@H]1c1ccccc1)c1ccc(F)cc1. The lowest BCUT2D eigenvalue weighted by Gasteiger charge is -2.21. The zero-order chi connectivity index (χ0) is 20.8. The van der Waals surface area contributed by atoms with E-state index in [1.807, 2.05) is 30.3 Å². The number of esters is 1. The van der Waals surface area contributed by atoms with Crippen molar-refractivity contribution in [2.24, 2.45) is 0 Å². The molecule has 29 heavy (non-hydrogen) atoms. The molecule has 0 saturated carbocycles. The highest BCUT2D eigenvalue weighted by molar-refractivity contribution is 5.93. The number of nitrogens with zero attached hydrogens (tertiary/aromatic N) is 1. The Morgan fingerprint density at radius 1 is 1.17 bits per heavy atom. The summed E-state index contributed by atoms with van der Waals surface area (Å²) in [5, 5.41) is 0. The second kappa shape index (κ2) is 9.32. The van der Waals surface area contributed by atoms with Gasteiger partial charge in [-0.2, -0.15) is 0 Å². The minimum absolute atomic E-state index is 0.0946. The van der Waals surface area contributed by atoms with Crippen LogP contribution in [0.1, 0.15) is 49.5 Å². The number of amides is 2. The summed E-state index contributed by atoms with van der Waals surface area (Å²) in [6.45, 7) is 1.42. The van der Waals surface area contributed by atoms with Crippen molar-refractivity contribution in [3.05, 3.63) is 71.5 Å². The average Bonchev–Trinajstić information content (AvgIpc) is 3.09. The molecule has 0 aromatic heterocycles. The second-order valence-corrected chi connectivity index (χ2v) is 6.81. The standard InChI is InChI=1S/C22H22FNO5/c1-15(25)29-20(17-10-12-18(23)13-11-17)8-5-9-21(26)24-19(14-28-22(24)27)16-6-3-2-4-7-16/h2-4,6-7,10-13,19-20H,5,8-9,14H2,1H3/t19-,20-/m0/s1. The Hall–Kier alpha value is -3.22. The highest BCUT2D eigenvalue weighted by Gasteiger charge is 2.38. The lowest BCUT2D eigenvalue weighted by atomic mass is 10.0. The van der Waals surface area contributed by atoms with Crippen molar-refractivity contribution >= 4 is 18.0 Å². The predicted molar refractivity (Wildman–Crippen MR) is 102 cm³/mol. The van der Waals surface area contributed by atoms with E-state index in [2.05, 4.69) is 0 Å². The van der Waals surface area contributed by atoms with Gasteiger partial charge in [0.1, 0.15) is 24.6 Å². The first-order chi connectivity index (χ1) is 14.0. The van der Waals surface area contributed by atoms with Gasteiger partial charge in [0.2, 0.25) is 5.91 Å². The van der Waals surface area contributed by atoms with Crippen LogP contribution in [0, 0.1) is 5.82 Å². The van der Waals surface area contributed by atoms with Crippen molar-refractivity contribution < 1.29 is 28.2 Å². The molecular weight excluding hydrogens is 377 g/mol. The van der Waals surface area contributed by atoms with Crippen LogP contribution in [0.5, 0.6) is 0 Å². The number of hydrogen-bond donors (Lipinski definition) is 0. The molecular formula is C22H22FNO5. The molecule has 2 amide bonds. The van der Waals surface area contributed by atoms with Crippen LogP contribution >= 0.6 is 0 Å². The van der Waals surface area contributed by atoms with Gasteiger partial charge in [-0.15, -0.1) is 0 Å². The van der Waals surface area contributed by atoms with Gasteiger partial charge in [0.15, 0.2) is 0 Å². The van der Waals surface area contributed by atoms with Gasteiger partial charge in [-0.1, -0.05) is 42.5 Å². The topological polar surface area (TPSA) is 72.9 Å². The third-order valence-electron chi connectivity index (χ3n) is 4.73. The van der Waals surface area contributed by atoms with E-state index in [1.54, 1.807) is 12.1 Å². The fraction of sp³-hybridized carbons (Fsp3) is 0.318. The number of rotatable bonds is 7. The molecule has 1 aliphatic heterocycles. The van der Waals surface area contributed by atoms with Gasteiger partial charge in [0, 0.05) is 13.3 Å². The monoisotopic (exact) mass is 399 g/mol. The summed E-state index contributed by atoms with van der Waals surface area (Å²) in [7, 11) is 0. The molecule has 0 N–H and O–H groups in total. The molecule has 1 fully saturated rings. The number of carbonyl (C=O) groups excluding carboxylic acids is 3. The maximum atomic E-state index is 13.2. The summed E-state index contributed by atoms with van der Waals surface area (Å²) >= 11 is 0. The Morgan fingerprint density at radius 3 is 2.52 bits per heavy atom. The van der Waals surface area contributed by atoms with Crippen molar-refractivity contribution in [2.75, 3.05) is 6.61 Å². The minimum Gasteiger partial charge on any atom is -0.458 e. The van der Waals surface area contributed by atoms with E-state index in [0.717, 1.165) is 10.5 Å². The Morgan fingerprint density at radius 2 is 1.86 bits per heavy atom. The highest BCUT2D eigenvalue weighted by atomic mass is 19.1. The number of ether oxygens (including phenoxy) is 2. The summed E-state index contributed by atoms with van der Waals surface area (Å²) in [4.78, 5) is 37.3. The molecule has 0 spiro atoms. The zero-order valence-electron chi connectivity index (χ0n) is 16.0. The fourth-order valence-electron chi connectivity index (χ4n) is 3.35. The van der Waals surface area contributed by atoms with Crippen molar-refractivity contribution in [3.63, 3.8) is 0 Å². The van der Waals surface area contributed by atoms with E-state index in [1.165, 1.54) is 19.1 Å². The van der Waals surface area contributed by atoms with E-state index in [0.29, 0.717) is 18.4 Å². The van der Waals surface area contributed by atoms with Crippen molar-refractivity contribution in [2.45, 2.75) is 38.3 Å². The molecule has 0 unspecified atom stereocenters. The van der Waals surface area contributed by atoms with Crippen molar-refractivity contribution in [1.82, 2.24) is 4.90 Å². The van der Waals surface area contributed by atoms with Gasteiger partial charge < -0.3 is 9.47 Å². The van der Waals surface area contributed by atoms with E-state index < -0.39 is 24.2 Å². The van der Waals surface area contributed by atoms with Crippen LogP contribution in [0.15, 0.2) is 54.6 Å². The van der Waals surface area contributed by atoms with Crippen LogP contribution < -0.4 is 0 Å². The number of imide groups is 1. The summed E-state index contributed by atoms with van der Waals surface area (Å²) in [5.41, 5.74) is 1.48. The molecule has 7 heteroatoms. The molecule has 0 radical (unpaired) electrons. The van der Waals surface area contributed by atoms with Crippen LogP contribution in [0.4, 0.5) is 9.18 Å². The van der Waals surface area contributed by atoms with Crippen LogP contribution in [0.2, 0.25) is 0 Å². The summed E-state index contributed by atoms with van der Waals surface area (Å²) in [6.07, 6.45) is -0.387. The Bertz CT molecular complexity index is 869. The lowest BCUT2D eigenvalue weighted by molar-refractivity contribution is -0.147. The molecule has 2 aromatic carbocycles. The van der Waals surface area contributed by atoms with Crippen LogP contribution in [0.25, 0.3) is 0 Å². The Kier molecular flexibility index (Phi) is 6.59. The molecule has 2 aromatic rings. The van der Waals surface area contributed by atoms with Crippen LogP contribution in [-0.2, 0) is 19.1 Å². The van der Waals surface area contributed by atoms with E-state index in [9.17, 15) is 18.8 Å². The number of cyclic esters (lactones) is 1. The number of carbonyl (C=O) groups is 3.